The van der Waals surface area contributed by atoms with Gasteiger partial charge in [0, 0.05) is 26.8 Å². The van der Waals surface area contributed by atoms with E-state index >= 15 is 0 Å². The van der Waals surface area contributed by atoms with Crippen molar-refractivity contribution in [2.24, 2.45) is 0 Å². The van der Waals surface area contributed by atoms with Gasteiger partial charge in [0.25, 0.3) is 5.91 Å². The zero-order valence-corrected chi connectivity index (χ0v) is 15.4. The molecule has 2 N–H and O–H groups in total. The van der Waals surface area contributed by atoms with Gasteiger partial charge in [0.15, 0.2) is 0 Å². The van der Waals surface area contributed by atoms with Gasteiger partial charge < -0.3 is 10.6 Å². The minimum absolute atomic E-state index is 0.0188. The van der Waals surface area contributed by atoms with Gasteiger partial charge >= 0.3 is 0 Å². The minimum atomic E-state index is 0.0188. The monoisotopic (exact) mass is 458 g/mol. The van der Waals surface area contributed by atoms with Gasteiger partial charge in [0.1, 0.15) is 0 Å². The van der Waals surface area contributed by atoms with Crippen molar-refractivity contribution in [1.82, 2.24) is 4.90 Å². The highest BCUT2D eigenvalue weighted by atomic mass is 127. The van der Waals surface area contributed by atoms with Crippen molar-refractivity contribution in [2.75, 3.05) is 12.3 Å². The number of carbonyl (C=O) groups is 1. The number of anilines is 1. The maximum atomic E-state index is 12.7. The molecule has 0 unspecified atom stereocenters. The Morgan fingerprint density at radius 2 is 2.05 bits per heavy atom. The van der Waals surface area contributed by atoms with Gasteiger partial charge in [-0.1, -0.05) is 12.1 Å². The number of hydrogen-bond donors (Lipinski definition) is 1. The van der Waals surface area contributed by atoms with E-state index in [1.165, 1.54) is 0 Å². The van der Waals surface area contributed by atoms with E-state index in [4.69, 9.17) is 5.73 Å². The van der Waals surface area contributed by atoms with Crippen LogP contribution in [0.4, 0.5) is 5.69 Å². The molecule has 110 valence electrons. The van der Waals surface area contributed by atoms with E-state index < -0.39 is 0 Å². The normalized spacial score (nSPS) is 10.4. The predicted octanol–water partition coefficient (Wildman–Crippen LogP) is 4.30. The third-order valence-electron chi connectivity index (χ3n) is 3.15. The van der Waals surface area contributed by atoms with Crippen molar-refractivity contribution in [3.8, 4) is 0 Å². The number of halogens is 2. The van der Waals surface area contributed by atoms with Gasteiger partial charge in [-0.15, -0.1) is 0 Å². The fraction of sp³-hybridized carbons (Fsp3) is 0.188. The molecular formula is C16H16BrIN2O. The van der Waals surface area contributed by atoms with E-state index in [2.05, 4.69) is 38.5 Å². The maximum Gasteiger partial charge on any atom is 0.255 e. The van der Waals surface area contributed by atoms with Crippen LogP contribution in [-0.2, 0) is 6.54 Å². The van der Waals surface area contributed by atoms with Gasteiger partial charge in [0.2, 0.25) is 0 Å². The first kappa shape index (κ1) is 16.3. The number of nitrogens with zero attached hydrogens (tertiary/aromatic N) is 1. The van der Waals surface area contributed by atoms with E-state index in [0.717, 1.165) is 13.6 Å². The number of nitrogens with two attached hydrogens (primary N) is 1. The van der Waals surface area contributed by atoms with Crippen molar-refractivity contribution in [3.63, 3.8) is 0 Å². The molecule has 0 fully saturated rings. The molecular weight excluding hydrogens is 443 g/mol. The minimum Gasteiger partial charge on any atom is -0.399 e. The topological polar surface area (TPSA) is 46.3 Å². The lowest BCUT2D eigenvalue weighted by Gasteiger charge is -2.22. The molecule has 0 radical (unpaired) electrons. The third kappa shape index (κ3) is 4.20. The van der Waals surface area contributed by atoms with Crippen molar-refractivity contribution in [1.29, 1.82) is 0 Å². The fourth-order valence-electron chi connectivity index (χ4n) is 2.07. The second kappa shape index (κ2) is 7.26. The number of rotatable bonds is 4. The summed E-state index contributed by atoms with van der Waals surface area (Å²) in [5, 5.41) is 0. The van der Waals surface area contributed by atoms with Crippen LogP contribution >= 0.6 is 38.5 Å². The van der Waals surface area contributed by atoms with E-state index in [0.29, 0.717) is 24.3 Å². The molecule has 2 aromatic carbocycles. The zero-order chi connectivity index (χ0) is 15.4. The first-order valence-electron chi connectivity index (χ1n) is 6.60. The Morgan fingerprint density at radius 3 is 2.71 bits per heavy atom. The van der Waals surface area contributed by atoms with Crippen LogP contribution in [-0.4, -0.2) is 17.4 Å². The summed E-state index contributed by atoms with van der Waals surface area (Å²) >= 11 is 5.67. The molecule has 0 bridgehead atoms. The average Bonchev–Trinajstić information content (AvgIpc) is 2.46. The summed E-state index contributed by atoms with van der Waals surface area (Å²) in [4.78, 5) is 14.5. The lowest BCUT2D eigenvalue weighted by molar-refractivity contribution is 0.0751. The predicted molar refractivity (Wildman–Crippen MR) is 98.1 cm³/mol. The molecule has 3 nitrogen and oxygen atoms in total. The summed E-state index contributed by atoms with van der Waals surface area (Å²) in [7, 11) is 0. The summed E-state index contributed by atoms with van der Waals surface area (Å²) in [6.07, 6.45) is 0. The summed E-state index contributed by atoms with van der Waals surface area (Å²) in [6, 6.07) is 13.4. The highest BCUT2D eigenvalue weighted by Gasteiger charge is 2.17. The summed E-state index contributed by atoms with van der Waals surface area (Å²) in [5.74, 6) is 0.0188. The second-order valence-electron chi connectivity index (χ2n) is 4.69. The number of hydrogen-bond acceptors (Lipinski definition) is 2. The molecule has 5 heteroatoms. The number of benzene rings is 2. The van der Waals surface area contributed by atoms with Gasteiger partial charge in [0.05, 0.1) is 5.56 Å². The molecule has 0 aliphatic heterocycles. The number of amides is 1. The Kier molecular flexibility index (Phi) is 5.64. The van der Waals surface area contributed by atoms with E-state index in [-0.39, 0.29) is 5.91 Å². The van der Waals surface area contributed by atoms with Crippen LogP contribution in [0.15, 0.2) is 46.9 Å². The van der Waals surface area contributed by atoms with E-state index in [1.807, 2.05) is 54.3 Å². The van der Waals surface area contributed by atoms with Crippen LogP contribution in [0.1, 0.15) is 22.8 Å². The molecule has 0 atom stereocenters. The Bertz CT molecular complexity index is 660. The number of carbonyl (C=O) groups excluding carboxylic acids is 1. The quantitative estimate of drug-likeness (QED) is 0.548. The zero-order valence-electron chi connectivity index (χ0n) is 11.6. The highest BCUT2D eigenvalue weighted by Crippen LogP contribution is 2.22. The van der Waals surface area contributed by atoms with Crippen LogP contribution < -0.4 is 5.73 Å². The average molecular weight is 459 g/mol. The van der Waals surface area contributed by atoms with Crippen molar-refractivity contribution >= 4 is 50.1 Å². The molecule has 0 aromatic heterocycles. The van der Waals surface area contributed by atoms with Gasteiger partial charge in [-0.2, -0.15) is 0 Å². The van der Waals surface area contributed by atoms with E-state index in [9.17, 15) is 4.79 Å². The lowest BCUT2D eigenvalue weighted by atomic mass is 10.1. The molecule has 0 aliphatic carbocycles. The smallest absolute Gasteiger partial charge is 0.255 e. The lowest BCUT2D eigenvalue weighted by Crippen LogP contribution is -2.30. The Hall–Kier alpha value is -1.08. The molecule has 0 heterocycles. The molecule has 1 amide bonds. The Labute approximate surface area is 146 Å². The summed E-state index contributed by atoms with van der Waals surface area (Å²) < 4.78 is 1.86. The van der Waals surface area contributed by atoms with Crippen LogP contribution in [0.2, 0.25) is 0 Å². The van der Waals surface area contributed by atoms with Crippen LogP contribution in [0.3, 0.4) is 0 Å². The van der Waals surface area contributed by atoms with Crippen molar-refractivity contribution < 1.29 is 4.79 Å². The van der Waals surface area contributed by atoms with Crippen molar-refractivity contribution in [3.05, 3.63) is 61.6 Å². The summed E-state index contributed by atoms with van der Waals surface area (Å²) in [6.45, 7) is 3.18. The Balaban J connectivity index is 2.24. The van der Waals surface area contributed by atoms with E-state index in [1.54, 1.807) is 0 Å². The van der Waals surface area contributed by atoms with Gasteiger partial charge in [-0.3, -0.25) is 4.79 Å². The van der Waals surface area contributed by atoms with Gasteiger partial charge in [-0.25, -0.2) is 0 Å². The maximum absolute atomic E-state index is 12.7. The SMILES string of the molecule is CCN(Cc1cccc(N)c1)C(=O)c1cc(I)ccc1Br. The first-order valence-corrected chi connectivity index (χ1v) is 8.47. The van der Waals surface area contributed by atoms with Crippen LogP contribution in [0.25, 0.3) is 0 Å². The molecule has 2 aromatic rings. The molecule has 21 heavy (non-hydrogen) atoms. The molecule has 0 aliphatic rings. The second-order valence-corrected chi connectivity index (χ2v) is 6.79. The third-order valence-corrected chi connectivity index (χ3v) is 4.51. The largest absolute Gasteiger partial charge is 0.399 e. The summed E-state index contributed by atoms with van der Waals surface area (Å²) in [5.41, 5.74) is 8.23. The fourth-order valence-corrected chi connectivity index (χ4v) is 2.98. The molecule has 0 spiro atoms. The van der Waals surface area contributed by atoms with Crippen LogP contribution in [0, 0.1) is 3.57 Å². The van der Waals surface area contributed by atoms with Crippen molar-refractivity contribution in [2.45, 2.75) is 13.5 Å². The highest BCUT2D eigenvalue weighted by molar-refractivity contribution is 14.1. The van der Waals surface area contributed by atoms with Crippen LogP contribution in [0.5, 0.6) is 0 Å². The molecule has 2 rings (SSSR count). The standard InChI is InChI=1S/C16H16BrIN2O/c1-2-20(10-11-4-3-5-13(19)8-11)16(21)14-9-12(18)6-7-15(14)17/h3-9H,2,10,19H2,1H3. The Morgan fingerprint density at radius 1 is 1.29 bits per heavy atom. The molecule has 0 saturated heterocycles. The number of nitrogen functional groups attached to an aromatic ring is 1. The van der Waals surface area contributed by atoms with Gasteiger partial charge in [-0.05, 0) is 81.3 Å². The first-order chi connectivity index (χ1) is 10.0. The molecule has 0 saturated carbocycles.